The second-order valence-corrected chi connectivity index (χ2v) is 37.3. The maximum absolute atomic E-state index is 15.4. The number of anilines is 2. The lowest BCUT2D eigenvalue weighted by Gasteiger charge is -2.24. The van der Waals surface area contributed by atoms with Gasteiger partial charge in [-0.3, -0.25) is 56.5 Å². The van der Waals surface area contributed by atoms with E-state index >= 15 is 17.6 Å². The molecule has 6 aromatic carbocycles. The average molecular weight is 1770 g/mol. The van der Waals surface area contributed by atoms with Crippen LogP contribution in [0.1, 0.15) is 106 Å². The summed E-state index contributed by atoms with van der Waals surface area (Å²) in [7, 11) is -12.9. The normalized spacial score (nSPS) is 17.7. The summed E-state index contributed by atoms with van der Waals surface area (Å²) in [4.78, 5) is 66.2. The van der Waals surface area contributed by atoms with E-state index in [0.29, 0.717) is 21.5 Å². The Morgan fingerprint density at radius 1 is 0.508 bits per heavy atom. The van der Waals surface area contributed by atoms with E-state index in [2.05, 4.69) is 50.4 Å². The minimum Gasteiger partial charge on any atom is -0.344 e. The highest BCUT2D eigenvalue weighted by Crippen LogP contribution is 2.69. The zero-order valence-corrected chi connectivity index (χ0v) is 66.1. The molecule has 0 bridgehead atoms. The molecule has 6 aromatic heterocycles. The van der Waals surface area contributed by atoms with Crippen LogP contribution in [0.3, 0.4) is 0 Å². The molecule has 28 nitrogen and oxygen atoms in total. The maximum Gasteiger partial charge on any atom is 0.293 e. The molecule has 620 valence electrons. The van der Waals surface area contributed by atoms with Crippen molar-refractivity contribution < 1.29 is 95.9 Å². The molecule has 0 aliphatic heterocycles. The first-order valence-corrected chi connectivity index (χ1v) is 43.2. The molecule has 4 aliphatic carbocycles. The highest BCUT2D eigenvalue weighted by molar-refractivity contribution is 7.92. The zero-order valence-electron chi connectivity index (χ0n) is 61.3. The second kappa shape index (κ2) is 28.9. The van der Waals surface area contributed by atoms with Gasteiger partial charge in [-0.15, -0.1) is 0 Å². The Kier molecular flexibility index (Phi) is 20.2. The number of hydrogen-bond donors (Lipinski definition) is 4. The van der Waals surface area contributed by atoms with E-state index in [4.69, 9.17) is 23.2 Å². The van der Waals surface area contributed by atoms with Gasteiger partial charge in [0, 0.05) is 74.5 Å². The summed E-state index contributed by atoms with van der Waals surface area (Å²) in [5.74, 6) is -19.0. The summed E-state index contributed by atoms with van der Waals surface area (Å²) in [5.41, 5.74) is -6.57. The lowest BCUT2D eigenvalue weighted by molar-refractivity contribution is -0.123. The van der Waals surface area contributed by atoms with Gasteiger partial charge in [0.1, 0.15) is 70.8 Å². The first kappa shape index (κ1) is 82.2. The molecule has 2 amide bonds. The summed E-state index contributed by atoms with van der Waals surface area (Å²) in [6.07, 6.45) is -4.08. The van der Waals surface area contributed by atoms with Crippen LogP contribution in [0.25, 0.3) is 55.0 Å². The van der Waals surface area contributed by atoms with Gasteiger partial charge in [0.25, 0.3) is 35.8 Å². The van der Waals surface area contributed by atoms with Crippen molar-refractivity contribution >= 4 is 130 Å². The third-order valence-corrected chi connectivity index (χ3v) is 24.4. The smallest absolute Gasteiger partial charge is 0.293 e. The number of benzene rings is 6. The van der Waals surface area contributed by atoms with Crippen LogP contribution in [-0.4, -0.2) is 129 Å². The average Bonchev–Trinajstić information content (AvgIpc) is 1.52. The fraction of sp³-hybridized carbons (Fsp3) is 0.306. The van der Waals surface area contributed by atoms with Gasteiger partial charge in [-0.25, -0.2) is 78.8 Å². The maximum atomic E-state index is 15.4. The van der Waals surface area contributed by atoms with Crippen LogP contribution >= 0.6 is 23.2 Å². The van der Waals surface area contributed by atoms with E-state index < -0.39 is 207 Å². The van der Waals surface area contributed by atoms with Gasteiger partial charge in [0.2, 0.25) is 31.9 Å². The second-order valence-electron chi connectivity index (χ2n) is 29.0. The number of rotatable bonds is 22. The Labute approximate surface area is 667 Å². The van der Waals surface area contributed by atoms with Crippen molar-refractivity contribution in [3.8, 4) is 11.4 Å². The Morgan fingerprint density at radius 2 is 0.856 bits per heavy atom. The Morgan fingerprint density at radius 3 is 1.18 bits per heavy atom. The van der Waals surface area contributed by atoms with Crippen LogP contribution in [-0.2, 0) is 101 Å². The van der Waals surface area contributed by atoms with E-state index in [-0.39, 0.29) is 122 Å². The number of aryl methyl sites for hydroxylation is 2. The number of aromatic nitrogens is 12. The number of amides is 2. The van der Waals surface area contributed by atoms with Crippen molar-refractivity contribution in [2.45, 2.75) is 97.2 Å². The third-order valence-electron chi connectivity index (χ3n) is 20.4. The van der Waals surface area contributed by atoms with Crippen molar-refractivity contribution in [2.75, 3.05) is 34.5 Å². The minimum absolute atomic E-state index is 0.0107. The van der Waals surface area contributed by atoms with Gasteiger partial charge in [-0.1, -0.05) is 23.2 Å². The minimum atomic E-state index is -3.94. The van der Waals surface area contributed by atoms with Crippen LogP contribution in [0.15, 0.2) is 116 Å². The zero-order chi connectivity index (χ0) is 85.3. The van der Waals surface area contributed by atoms with Gasteiger partial charge in [0.15, 0.2) is 31.3 Å². The van der Waals surface area contributed by atoms with E-state index in [1.807, 2.05) is 0 Å². The number of halogens is 14. The standard InChI is InChI=1S/2C36H29ClF6N8O6S2/c2*1-49-30-25(7-6-22(37)28(30)33(47-49)48-59(3,56)57)51-34(45-23-12-18(58(2,54)55)4-5-19(23)35(51)53)24(10-15-8-16(38)11-17(39)9-15)44-26(52)14-50-31-27(29(46-50)32(40)41)20-13-21(20)36(31,42)43/h2*4-9,11-12,20-21,24,32H,10,13-14H2,1-3H3,(H,44,52)(H,47,48)/t20-,21+,24?;20-,21+,24-/m00/s1. The Balaban J connectivity index is 0.000000185. The number of carbonyl (C=O) groups excluding carboxylic acids is 2. The molecule has 1 unspecified atom stereocenters. The molecule has 2 fully saturated rings. The van der Waals surface area contributed by atoms with Crippen molar-refractivity contribution in [1.29, 1.82) is 0 Å². The highest BCUT2D eigenvalue weighted by Gasteiger charge is 2.68. The molecular formula is C72H58Cl2F12N16O12S4. The number of nitrogens with one attached hydrogen (secondary N) is 4. The first-order valence-electron chi connectivity index (χ1n) is 34.9. The van der Waals surface area contributed by atoms with Crippen molar-refractivity contribution in [3.63, 3.8) is 0 Å². The van der Waals surface area contributed by atoms with E-state index in [0.717, 1.165) is 82.7 Å². The monoisotopic (exact) mass is 1760 g/mol. The Bertz CT molecular complexity index is 6540. The molecule has 0 saturated heterocycles. The van der Waals surface area contributed by atoms with Crippen LogP contribution in [0.4, 0.5) is 64.3 Å². The van der Waals surface area contributed by atoms with E-state index in [1.165, 1.54) is 59.9 Å². The molecular weight excluding hydrogens is 1710 g/mol. The largest absolute Gasteiger partial charge is 0.344 e. The predicted octanol–water partition coefficient (Wildman–Crippen LogP) is 10.8. The van der Waals surface area contributed by atoms with Gasteiger partial charge in [-0.2, -0.15) is 38.0 Å². The van der Waals surface area contributed by atoms with Gasteiger partial charge in [-0.05, 0) is 121 Å². The third kappa shape index (κ3) is 15.0. The van der Waals surface area contributed by atoms with Crippen molar-refractivity contribution in [1.82, 2.24) is 68.9 Å². The lowest BCUT2D eigenvalue weighted by Crippen LogP contribution is -2.38. The molecule has 4 aliphatic rings. The summed E-state index contributed by atoms with van der Waals surface area (Å²) in [6, 6.07) is 13.7. The molecule has 0 spiro atoms. The molecule has 118 heavy (non-hydrogen) atoms. The molecule has 6 heterocycles. The van der Waals surface area contributed by atoms with Crippen molar-refractivity contribution in [3.05, 3.63) is 208 Å². The Hall–Kier alpha value is -11.0. The van der Waals surface area contributed by atoms with Gasteiger partial charge in [0.05, 0.1) is 99.4 Å². The fourth-order valence-electron chi connectivity index (χ4n) is 15.6. The van der Waals surface area contributed by atoms with E-state index in [9.17, 15) is 88.0 Å². The topological polar surface area (TPSA) is 360 Å². The lowest BCUT2D eigenvalue weighted by atomic mass is 10.0. The molecule has 6 atom stereocenters. The van der Waals surface area contributed by atoms with Gasteiger partial charge < -0.3 is 10.6 Å². The fourth-order valence-corrected chi connectivity index (χ4v) is 18.3. The summed E-state index contributed by atoms with van der Waals surface area (Å²) < 4.78 is 286. The molecule has 4 N–H and O–H groups in total. The number of nitrogens with zero attached hydrogens (tertiary/aromatic N) is 12. The summed E-state index contributed by atoms with van der Waals surface area (Å²) >= 11 is 13.1. The predicted molar refractivity (Wildman–Crippen MR) is 402 cm³/mol. The molecule has 12 aromatic rings. The number of carbonyl (C=O) groups is 2. The number of sulfonamides is 2. The van der Waals surface area contributed by atoms with Crippen LogP contribution < -0.4 is 31.2 Å². The molecule has 2 saturated carbocycles. The van der Waals surface area contributed by atoms with Crippen LogP contribution in [0, 0.1) is 35.1 Å². The molecule has 0 radical (unpaired) electrons. The van der Waals surface area contributed by atoms with E-state index in [1.54, 1.807) is 0 Å². The van der Waals surface area contributed by atoms with Crippen molar-refractivity contribution in [2.24, 2.45) is 25.9 Å². The number of fused-ring (bicyclic) bond motifs is 10. The summed E-state index contributed by atoms with van der Waals surface area (Å²) in [5, 5.41) is 20.6. The SMILES string of the molecule is Cn1nc(NS(C)(=O)=O)c2c(Cl)ccc(-n3c(C(Cc4cc(F)cc(F)c4)NC(=O)Cn4nc(C(F)F)c5c4C(F)(F)[C@@H]4C[C@H]54)nc4cc(S(C)(=O)=O)ccc4c3=O)c21.Cn1nc(NS(C)(=O)=O)c2c(Cl)ccc(-n3c([C@H](Cc4cc(F)cc(F)c4)NC(=O)Cn4nc(C(F)F)c5c4C(F)(F)[C@@H]4C[C@H]54)nc4cc(S(C)(=O)=O)ccc4c3=O)c21. The molecule has 16 rings (SSSR count). The highest BCUT2D eigenvalue weighted by atomic mass is 35.5. The first-order chi connectivity index (χ1) is 55.1. The summed E-state index contributed by atoms with van der Waals surface area (Å²) in [6.45, 7) is -2.08. The van der Waals surface area contributed by atoms with Crippen LogP contribution in [0.5, 0.6) is 0 Å². The number of sulfone groups is 2. The van der Waals surface area contributed by atoms with Crippen LogP contribution in [0.2, 0.25) is 10.0 Å². The number of alkyl halides is 8. The quantitative estimate of drug-likeness (QED) is 0.0458. The number of hydrogen-bond acceptors (Lipinski definition) is 18. The molecule has 46 heteroatoms. The van der Waals surface area contributed by atoms with Gasteiger partial charge >= 0.3 is 0 Å².